The molecule has 3 amide bonds. The van der Waals surface area contributed by atoms with Gasteiger partial charge >= 0.3 is 6.03 Å². The lowest BCUT2D eigenvalue weighted by Gasteiger charge is -2.18. The fourth-order valence-electron chi connectivity index (χ4n) is 3.20. The summed E-state index contributed by atoms with van der Waals surface area (Å²) < 4.78 is 1.88. The molecule has 1 atom stereocenters. The molecule has 1 N–H and O–H groups in total. The number of nitrogens with zero attached hydrogens (tertiary/aromatic N) is 5. The topological polar surface area (TPSA) is 93.0 Å². The molecule has 1 saturated heterocycles. The lowest BCUT2D eigenvalue weighted by molar-refractivity contribution is -0.126. The molecule has 1 fully saturated rings. The molecule has 0 spiro atoms. The number of urea groups is 1. The molecule has 1 aliphatic heterocycles. The molecule has 1 aromatic carbocycles. The van der Waals surface area contributed by atoms with Crippen LogP contribution in [0.25, 0.3) is 17.1 Å². The van der Waals surface area contributed by atoms with Crippen molar-refractivity contribution < 1.29 is 9.59 Å². The molecule has 10 heteroatoms. The van der Waals surface area contributed by atoms with Crippen LogP contribution in [0.2, 0.25) is 5.02 Å². The van der Waals surface area contributed by atoms with Crippen molar-refractivity contribution in [1.29, 1.82) is 0 Å². The average molecular weight is 443 g/mol. The van der Waals surface area contributed by atoms with Gasteiger partial charge in [0.1, 0.15) is 0 Å². The van der Waals surface area contributed by atoms with E-state index in [2.05, 4.69) is 20.5 Å². The van der Waals surface area contributed by atoms with Crippen molar-refractivity contribution in [1.82, 2.24) is 30.0 Å². The minimum atomic E-state index is -0.526. The first-order valence-corrected chi connectivity index (χ1v) is 10.6. The monoisotopic (exact) mass is 442 g/mol. The van der Waals surface area contributed by atoms with Crippen molar-refractivity contribution in [3.63, 3.8) is 0 Å². The van der Waals surface area contributed by atoms with Crippen molar-refractivity contribution >= 4 is 35.3 Å². The standard InChI is InChI=1S/C20H19ClN6O2S/c1-12-15(21)4-3-5-16(12)27-17(14-6-8-22-9-7-14)24-25-20(27)30-13(2)18(28)26-11-10-23-19(26)29/h3-9,13H,10-11H2,1-2H3,(H,23,29). The van der Waals surface area contributed by atoms with E-state index in [9.17, 15) is 9.59 Å². The fourth-order valence-corrected chi connectivity index (χ4v) is 4.29. The van der Waals surface area contributed by atoms with Gasteiger partial charge in [-0.15, -0.1) is 10.2 Å². The van der Waals surface area contributed by atoms with E-state index in [1.54, 1.807) is 19.3 Å². The van der Waals surface area contributed by atoms with E-state index in [1.807, 2.05) is 41.8 Å². The number of hydrogen-bond acceptors (Lipinski definition) is 6. The van der Waals surface area contributed by atoms with E-state index in [1.165, 1.54) is 16.7 Å². The molecule has 3 aromatic rings. The zero-order valence-corrected chi connectivity index (χ0v) is 17.9. The van der Waals surface area contributed by atoms with Gasteiger partial charge in [-0.3, -0.25) is 19.2 Å². The summed E-state index contributed by atoms with van der Waals surface area (Å²) in [5, 5.41) is 12.0. The number of hydrogen-bond donors (Lipinski definition) is 1. The van der Waals surface area contributed by atoms with Crippen LogP contribution in [0, 0.1) is 6.92 Å². The number of carbonyl (C=O) groups is 2. The highest BCUT2D eigenvalue weighted by Gasteiger charge is 2.31. The Balaban J connectivity index is 1.75. The third kappa shape index (κ3) is 3.78. The van der Waals surface area contributed by atoms with E-state index in [0.29, 0.717) is 29.1 Å². The van der Waals surface area contributed by atoms with Crippen LogP contribution >= 0.6 is 23.4 Å². The molecule has 0 aliphatic carbocycles. The van der Waals surface area contributed by atoms with Crippen molar-refractivity contribution in [2.45, 2.75) is 24.3 Å². The SMILES string of the molecule is Cc1c(Cl)cccc1-n1c(SC(C)C(=O)N2CCNC2=O)nnc1-c1ccncc1. The molecular formula is C20H19ClN6O2S. The van der Waals surface area contributed by atoms with Crippen molar-refractivity contribution in [2.75, 3.05) is 13.1 Å². The maximum Gasteiger partial charge on any atom is 0.324 e. The maximum absolute atomic E-state index is 12.8. The first-order valence-electron chi connectivity index (χ1n) is 9.34. The summed E-state index contributed by atoms with van der Waals surface area (Å²) in [6.45, 7) is 4.51. The quantitative estimate of drug-likeness (QED) is 0.609. The predicted octanol–water partition coefficient (Wildman–Crippen LogP) is 3.32. The third-order valence-electron chi connectivity index (χ3n) is 4.80. The molecule has 3 heterocycles. The van der Waals surface area contributed by atoms with Gasteiger partial charge in [-0.05, 0) is 43.7 Å². The van der Waals surface area contributed by atoms with Crippen LogP contribution < -0.4 is 5.32 Å². The summed E-state index contributed by atoms with van der Waals surface area (Å²) in [6.07, 6.45) is 3.37. The number of benzene rings is 1. The van der Waals surface area contributed by atoms with Crippen LogP contribution in [-0.2, 0) is 4.79 Å². The highest BCUT2D eigenvalue weighted by Crippen LogP contribution is 2.33. The van der Waals surface area contributed by atoms with E-state index < -0.39 is 5.25 Å². The van der Waals surface area contributed by atoms with E-state index in [4.69, 9.17) is 11.6 Å². The molecule has 2 aromatic heterocycles. The number of thioether (sulfide) groups is 1. The van der Waals surface area contributed by atoms with Crippen LogP contribution in [-0.4, -0.2) is 54.9 Å². The normalized spacial score (nSPS) is 14.6. The second kappa shape index (κ2) is 8.45. The van der Waals surface area contributed by atoms with Gasteiger partial charge in [0.25, 0.3) is 0 Å². The summed E-state index contributed by atoms with van der Waals surface area (Å²) in [6, 6.07) is 8.94. The maximum atomic E-state index is 12.8. The van der Waals surface area contributed by atoms with Crippen LogP contribution in [0.3, 0.4) is 0 Å². The molecule has 4 rings (SSSR count). The third-order valence-corrected chi connectivity index (χ3v) is 6.24. The molecular weight excluding hydrogens is 424 g/mol. The first kappa shape index (κ1) is 20.4. The summed E-state index contributed by atoms with van der Waals surface area (Å²) in [5.41, 5.74) is 2.52. The van der Waals surface area contributed by atoms with Gasteiger partial charge in [-0.25, -0.2) is 4.79 Å². The zero-order valence-electron chi connectivity index (χ0n) is 16.4. The number of halogens is 1. The summed E-state index contributed by atoms with van der Waals surface area (Å²) in [5.74, 6) is 0.349. The second-order valence-electron chi connectivity index (χ2n) is 6.74. The Kier molecular flexibility index (Phi) is 5.74. The lowest BCUT2D eigenvalue weighted by atomic mass is 10.2. The summed E-state index contributed by atoms with van der Waals surface area (Å²) in [7, 11) is 0. The highest BCUT2D eigenvalue weighted by molar-refractivity contribution is 8.00. The van der Waals surface area contributed by atoms with Crippen LogP contribution in [0.15, 0.2) is 47.9 Å². The number of amides is 3. The molecule has 0 saturated carbocycles. The second-order valence-corrected chi connectivity index (χ2v) is 8.46. The predicted molar refractivity (Wildman–Crippen MR) is 115 cm³/mol. The van der Waals surface area contributed by atoms with Gasteiger partial charge in [0.2, 0.25) is 5.91 Å². The van der Waals surface area contributed by atoms with Crippen molar-refractivity contribution in [3.8, 4) is 17.1 Å². The van der Waals surface area contributed by atoms with Gasteiger partial charge < -0.3 is 5.32 Å². The Labute approximate surface area is 182 Å². The van der Waals surface area contributed by atoms with Crippen molar-refractivity contribution in [3.05, 3.63) is 53.3 Å². The molecule has 154 valence electrons. The van der Waals surface area contributed by atoms with Gasteiger partial charge in [0.15, 0.2) is 11.0 Å². The van der Waals surface area contributed by atoms with Gasteiger partial charge in [-0.1, -0.05) is 29.4 Å². The minimum absolute atomic E-state index is 0.266. The first-order chi connectivity index (χ1) is 14.5. The lowest BCUT2D eigenvalue weighted by Crippen LogP contribution is -2.39. The number of rotatable bonds is 5. The molecule has 30 heavy (non-hydrogen) atoms. The van der Waals surface area contributed by atoms with E-state index in [-0.39, 0.29) is 11.9 Å². The molecule has 8 nitrogen and oxygen atoms in total. The Morgan fingerprint density at radius 1 is 1.23 bits per heavy atom. The molecule has 0 radical (unpaired) electrons. The minimum Gasteiger partial charge on any atom is -0.336 e. The molecule has 1 unspecified atom stereocenters. The Morgan fingerprint density at radius 2 is 2.00 bits per heavy atom. The van der Waals surface area contributed by atoms with E-state index in [0.717, 1.165) is 16.8 Å². The number of aromatic nitrogens is 4. The smallest absolute Gasteiger partial charge is 0.324 e. The Bertz CT molecular complexity index is 1100. The van der Waals surface area contributed by atoms with E-state index >= 15 is 0 Å². The van der Waals surface area contributed by atoms with Crippen LogP contribution in [0.1, 0.15) is 12.5 Å². The number of pyridine rings is 1. The average Bonchev–Trinajstić information content (AvgIpc) is 3.36. The van der Waals surface area contributed by atoms with Crippen LogP contribution in [0.5, 0.6) is 0 Å². The molecule has 1 aliphatic rings. The summed E-state index contributed by atoms with van der Waals surface area (Å²) in [4.78, 5) is 29.9. The largest absolute Gasteiger partial charge is 0.336 e. The number of imide groups is 1. The van der Waals surface area contributed by atoms with Crippen LogP contribution in [0.4, 0.5) is 4.79 Å². The fraction of sp³-hybridized carbons (Fsp3) is 0.250. The number of nitrogens with one attached hydrogen (secondary N) is 1. The van der Waals surface area contributed by atoms with Gasteiger partial charge in [-0.2, -0.15) is 0 Å². The van der Waals surface area contributed by atoms with Crippen molar-refractivity contribution in [2.24, 2.45) is 0 Å². The Morgan fingerprint density at radius 3 is 2.70 bits per heavy atom. The Hall–Kier alpha value is -2.91. The van der Waals surface area contributed by atoms with Gasteiger partial charge in [0.05, 0.1) is 10.9 Å². The molecule has 0 bridgehead atoms. The number of carbonyl (C=O) groups excluding carboxylic acids is 2. The highest BCUT2D eigenvalue weighted by atomic mass is 35.5. The zero-order chi connectivity index (χ0) is 21.3. The summed E-state index contributed by atoms with van der Waals surface area (Å²) >= 11 is 7.62. The van der Waals surface area contributed by atoms with Gasteiger partial charge in [0, 0.05) is 36.1 Å².